The van der Waals surface area contributed by atoms with E-state index in [1.165, 1.54) is 18.5 Å². The number of methoxy groups -OCH3 is 1. The Kier molecular flexibility index (Phi) is 8.50. The van der Waals surface area contributed by atoms with Crippen LogP contribution >= 0.6 is 23.2 Å². The zero-order chi connectivity index (χ0) is 27.3. The summed E-state index contributed by atoms with van der Waals surface area (Å²) in [5.41, 5.74) is 5.20. The molecule has 0 atom stereocenters. The lowest BCUT2D eigenvalue weighted by molar-refractivity contribution is -0.0423. The summed E-state index contributed by atoms with van der Waals surface area (Å²) in [5, 5.41) is 12.9. The van der Waals surface area contributed by atoms with Crippen molar-refractivity contribution in [2.75, 3.05) is 37.0 Å². The van der Waals surface area contributed by atoms with Gasteiger partial charge >= 0.3 is 6.09 Å². The molecule has 200 valence electrons. The van der Waals surface area contributed by atoms with Gasteiger partial charge in [-0.2, -0.15) is 0 Å². The van der Waals surface area contributed by atoms with E-state index in [-0.39, 0.29) is 28.0 Å². The number of piperidine rings is 1. The first-order valence-electron chi connectivity index (χ1n) is 11.7. The van der Waals surface area contributed by atoms with E-state index in [0.29, 0.717) is 44.1 Å². The molecule has 1 amide bonds. The standard InChI is InChI=1S/C25H26Cl2N6O5/c1-37-16-4-2-15(3-5-16)12-31-23-19(26)17(6-9-29-23)21(35)20-22(27)32-18(13-30-20)33-10-7-25(14-34,8-11-33)38-24(28)36/h2-6,9,13,34H,7-8,10-12,14H2,1H3,(H2,28,36)(H,29,31). The molecule has 1 aliphatic heterocycles. The maximum Gasteiger partial charge on any atom is 0.405 e. The van der Waals surface area contributed by atoms with Crippen LogP contribution in [0.15, 0.2) is 42.7 Å². The van der Waals surface area contributed by atoms with E-state index < -0.39 is 17.5 Å². The molecule has 0 radical (unpaired) electrons. The second kappa shape index (κ2) is 11.8. The summed E-state index contributed by atoms with van der Waals surface area (Å²) < 4.78 is 10.3. The highest BCUT2D eigenvalue weighted by molar-refractivity contribution is 6.38. The maximum atomic E-state index is 13.3. The first-order chi connectivity index (χ1) is 18.2. The number of pyridine rings is 1. The number of ketones is 1. The lowest BCUT2D eigenvalue weighted by Crippen LogP contribution is -2.50. The Morgan fingerprint density at radius 1 is 1.16 bits per heavy atom. The lowest BCUT2D eigenvalue weighted by atomic mass is 9.92. The Hall–Kier alpha value is -3.67. The van der Waals surface area contributed by atoms with Crippen molar-refractivity contribution in [3.05, 3.63) is 69.7 Å². The number of aromatic nitrogens is 3. The number of amides is 1. The van der Waals surface area contributed by atoms with Gasteiger partial charge in [0.05, 0.1) is 24.9 Å². The van der Waals surface area contributed by atoms with Crippen molar-refractivity contribution < 1.29 is 24.2 Å². The molecular weight excluding hydrogens is 535 g/mol. The van der Waals surface area contributed by atoms with Gasteiger partial charge in [-0.1, -0.05) is 35.3 Å². The molecular formula is C25H26Cl2N6O5. The van der Waals surface area contributed by atoms with Crippen LogP contribution in [-0.2, 0) is 11.3 Å². The first kappa shape index (κ1) is 27.4. The predicted molar refractivity (Wildman–Crippen MR) is 142 cm³/mol. The van der Waals surface area contributed by atoms with Crippen LogP contribution in [0.2, 0.25) is 10.2 Å². The number of carbonyl (C=O) groups is 2. The van der Waals surface area contributed by atoms with Crippen LogP contribution in [-0.4, -0.2) is 64.3 Å². The van der Waals surface area contributed by atoms with Gasteiger partial charge in [0.2, 0.25) is 5.78 Å². The van der Waals surface area contributed by atoms with Crippen LogP contribution in [0, 0.1) is 0 Å². The number of nitrogens with two attached hydrogens (primary N) is 1. The Labute approximate surface area is 228 Å². The predicted octanol–water partition coefficient (Wildman–Crippen LogP) is 3.46. The van der Waals surface area contributed by atoms with E-state index in [9.17, 15) is 14.7 Å². The van der Waals surface area contributed by atoms with E-state index >= 15 is 0 Å². The Morgan fingerprint density at radius 2 is 1.87 bits per heavy atom. The largest absolute Gasteiger partial charge is 0.497 e. The molecule has 3 heterocycles. The molecule has 4 rings (SSSR count). The van der Waals surface area contributed by atoms with Gasteiger partial charge in [0.1, 0.15) is 28.7 Å². The zero-order valence-electron chi connectivity index (χ0n) is 20.5. The number of rotatable bonds is 9. The average Bonchev–Trinajstić information content (AvgIpc) is 2.92. The van der Waals surface area contributed by atoms with E-state index in [1.54, 1.807) is 7.11 Å². The second-order valence-electron chi connectivity index (χ2n) is 8.67. The van der Waals surface area contributed by atoms with Crippen LogP contribution in [0.5, 0.6) is 5.75 Å². The van der Waals surface area contributed by atoms with Crippen LogP contribution in [0.4, 0.5) is 16.4 Å². The van der Waals surface area contributed by atoms with Crippen molar-refractivity contribution in [1.29, 1.82) is 0 Å². The number of nitrogens with one attached hydrogen (secondary N) is 1. The monoisotopic (exact) mass is 560 g/mol. The summed E-state index contributed by atoms with van der Waals surface area (Å²) in [5.74, 6) is 1.03. The van der Waals surface area contributed by atoms with Crippen molar-refractivity contribution in [2.24, 2.45) is 5.73 Å². The Balaban J connectivity index is 1.46. The fourth-order valence-electron chi connectivity index (χ4n) is 4.11. The van der Waals surface area contributed by atoms with Gasteiger partial charge in [0.15, 0.2) is 5.15 Å². The minimum atomic E-state index is -1.04. The third kappa shape index (κ3) is 6.07. The average molecular weight is 561 g/mol. The maximum absolute atomic E-state index is 13.3. The summed E-state index contributed by atoms with van der Waals surface area (Å²) in [6, 6.07) is 8.99. The molecule has 0 spiro atoms. The highest BCUT2D eigenvalue weighted by Crippen LogP contribution is 2.31. The molecule has 0 bridgehead atoms. The van der Waals surface area contributed by atoms with Crippen LogP contribution in [0.3, 0.4) is 0 Å². The van der Waals surface area contributed by atoms with Crippen LogP contribution in [0.25, 0.3) is 0 Å². The van der Waals surface area contributed by atoms with Gasteiger partial charge in [0, 0.05) is 44.2 Å². The fraction of sp³-hybridized carbons (Fsp3) is 0.320. The van der Waals surface area contributed by atoms with Crippen molar-refractivity contribution >= 4 is 46.7 Å². The number of carbonyl (C=O) groups excluding carboxylic acids is 2. The molecule has 2 aromatic heterocycles. The number of hydrogen-bond acceptors (Lipinski definition) is 10. The smallest absolute Gasteiger partial charge is 0.405 e. The molecule has 1 fully saturated rings. The third-order valence-corrected chi connectivity index (χ3v) is 6.94. The highest BCUT2D eigenvalue weighted by Gasteiger charge is 2.38. The summed E-state index contributed by atoms with van der Waals surface area (Å²) in [6.07, 6.45) is 2.65. The van der Waals surface area contributed by atoms with Crippen molar-refractivity contribution in [3.63, 3.8) is 0 Å². The molecule has 1 saturated heterocycles. The van der Waals surface area contributed by atoms with Gasteiger partial charge in [-0.15, -0.1) is 0 Å². The summed E-state index contributed by atoms with van der Waals surface area (Å²) in [4.78, 5) is 39.2. The molecule has 13 heteroatoms. The topological polar surface area (TPSA) is 153 Å². The molecule has 0 unspecified atom stereocenters. The van der Waals surface area contributed by atoms with E-state index in [1.807, 2.05) is 29.2 Å². The number of anilines is 2. The molecule has 0 saturated carbocycles. The van der Waals surface area contributed by atoms with Crippen molar-refractivity contribution in [2.45, 2.75) is 25.0 Å². The lowest BCUT2D eigenvalue weighted by Gasteiger charge is -2.39. The minimum Gasteiger partial charge on any atom is -0.497 e. The van der Waals surface area contributed by atoms with Gasteiger partial charge < -0.3 is 30.5 Å². The molecule has 3 aromatic rings. The van der Waals surface area contributed by atoms with Crippen molar-refractivity contribution in [1.82, 2.24) is 15.0 Å². The molecule has 1 aliphatic rings. The van der Waals surface area contributed by atoms with Crippen LogP contribution < -0.4 is 20.7 Å². The van der Waals surface area contributed by atoms with Crippen molar-refractivity contribution in [3.8, 4) is 5.75 Å². The normalized spacial score (nSPS) is 14.6. The fourth-order valence-corrected chi connectivity index (χ4v) is 4.60. The number of benzene rings is 1. The first-order valence-corrected chi connectivity index (χ1v) is 12.4. The minimum absolute atomic E-state index is 0.0524. The van der Waals surface area contributed by atoms with Gasteiger partial charge in [-0.05, 0) is 23.8 Å². The van der Waals surface area contributed by atoms with Crippen LogP contribution in [0.1, 0.15) is 34.5 Å². The number of aliphatic hydroxyl groups excluding tert-OH is 1. The SMILES string of the molecule is COc1ccc(CNc2nccc(C(=O)c3ncc(N4CCC(CO)(OC(N)=O)CC4)nc3Cl)c2Cl)cc1. The third-order valence-electron chi connectivity index (χ3n) is 6.29. The van der Waals surface area contributed by atoms with E-state index in [2.05, 4.69) is 20.3 Å². The van der Waals surface area contributed by atoms with Gasteiger partial charge in [0.25, 0.3) is 0 Å². The van der Waals surface area contributed by atoms with E-state index in [0.717, 1.165) is 11.3 Å². The van der Waals surface area contributed by atoms with Gasteiger partial charge in [-0.3, -0.25) is 4.79 Å². The second-order valence-corrected chi connectivity index (χ2v) is 9.40. The molecule has 1 aromatic carbocycles. The number of hydrogen-bond donors (Lipinski definition) is 3. The Morgan fingerprint density at radius 3 is 2.47 bits per heavy atom. The molecule has 38 heavy (non-hydrogen) atoms. The quantitative estimate of drug-likeness (QED) is 0.331. The molecule has 4 N–H and O–H groups in total. The summed E-state index contributed by atoms with van der Waals surface area (Å²) in [6.45, 7) is 0.909. The summed E-state index contributed by atoms with van der Waals surface area (Å²) in [7, 11) is 1.60. The zero-order valence-corrected chi connectivity index (χ0v) is 22.0. The number of halogens is 2. The number of aliphatic hydroxyl groups is 1. The number of nitrogens with zero attached hydrogens (tertiary/aromatic N) is 4. The molecule has 0 aliphatic carbocycles. The number of primary amides is 1. The summed E-state index contributed by atoms with van der Waals surface area (Å²) >= 11 is 12.9. The molecule has 11 nitrogen and oxygen atoms in total. The Bertz CT molecular complexity index is 1320. The number of ether oxygens (including phenoxy) is 2. The van der Waals surface area contributed by atoms with E-state index in [4.69, 9.17) is 38.4 Å². The highest BCUT2D eigenvalue weighted by atomic mass is 35.5. The van der Waals surface area contributed by atoms with Gasteiger partial charge in [-0.25, -0.2) is 19.7 Å².